The first kappa shape index (κ1) is 31.0. The molecular formula is C32H43N3O5. The minimum Gasteiger partial charge on any atom is -0.491 e. The average Bonchev–Trinajstić information content (AvgIpc) is 3.32. The number of amides is 1. The van der Waals surface area contributed by atoms with Crippen LogP contribution in [0.3, 0.4) is 0 Å². The molecule has 0 radical (unpaired) electrons. The van der Waals surface area contributed by atoms with Gasteiger partial charge in [-0.25, -0.2) is 0 Å². The maximum Gasteiger partial charge on any atom is 0.258 e. The summed E-state index contributed by atoms with van der Waals surface area (Å²) >= 11 is 0. The predicted molar refractivity (Wildman–Crippen MR) is 156 cm³/mol. The lowest BCUT2D eigenvalue weighted by Crippen LogP contribution is -2.27. The normalized spacial score (nSPS) is 15.1. The molecule has 0 saturated carbocycles. The number of Topliss-reactive ketones (excluding diaryl/α,β-unsaturated/α-hetero) is 1. The number of benzene rings is 2. The third-order valence-electron chi connectivity index (χ3n) is 6.75. The first-order valence-corrected chi connectivity index (χ1v) is 13.9. The molecule has 0 aliphatic carbocycles. The van der Waals surface area contributed by atoms with Crippen molar-refractivity contribution < 1.29 is 23.6 Å². The Hall–Kier alpha value is -3.52. The lowest BCUT2D eigenvalue weighted by atomic mass is 9.93. The summed E-state index contributed by atoms with van der Waals surface area (Å²) < 4.78 is 16.3. The Balaban J connectivity index is 0.000000663. The van der Waals surface area contributed by atoms with E-state index >= 15 is 0 Å². The number of hydrogen-bond acceptors (Lipinski definition) is 7. The number of aromatic nitrogens is 2. The van der Waals surface area contributed by atoms with Gasteiger partial charge in [0.2, 0.25) is 12.2 Å². The third kappa shape index (κ3) is 8.49. The minimum atomic E-state index is -0.0941. The largest absolute Gasteiger partial charge is 0.491 e. The highest BCUT2D eigenvalue weighted by molar-refractivity contribution is 5.75. The minimum absolute atomic E-state index is 0.0417. The van der Waals surface area contributed by atoms with Gasteiger partial charge in [0.15, 0.2) is 0 Å². The van der Waals surface area contributed by atoms with Crippen molar-refractivity contribution in [2.24, 2.45) is 0 Å². The van der Waals surface area contributed by atoms with Crippen molar-refractivity contribution >= 4 is 12.2 Å². The predicted octanol–water partition coefficient (Wildman–Crippen LogP) is 6.75. The molecule has 0 bridgehead atoms. The smallest absolute Gasteiger partial charge is 0.258 e. The van der Waals surface area contributed by atoms with E-state index in [1.165, 1.54) is 0 Å². The SMILES string of the molecule is CC(=O)CCC1c2ccc(-c3noc(-c4ccc(OC(C)C)c(C)c4)n3)cc2CCCN1C=O.COC(C)(C)C. The quantitative estimate of drug-likeness (QED) is 0.287. The highest BCUT2D eigenvalue weighted by Crippen LogP contribution is 2.34. The van der Waals surface area contributed by atoms with Crippen LogP contribution in [-0.4, -0.2) is 52.6 Å². The maximum absolute atomic E-state index is 11.7. The first-order chi connectivity index (χ1) is 18.9. The molecule has 4 rings (SSSR count). The summed E-state index contributed by atoms with van der Waals surface area (Å²) in [7, 11) is 1.71. The van der Waals surface area contributed by atoms with Gasteiger partial charge in [-0.3, -0.25) is 4.79 Å². The van der Waals surface area contributed by atoms with Gasteiger partial charge in [-0.05, 0) is 109 Å². The zero-order valence-corrected chi connectivity index (χ0v) is 25.1. The van der Waals surface area contributed by atoms with E-state index in [4.69, 9.17) is 14.0 Å². The molecule has 8 heteroatoms. The number of nitrogens with zero attached hydrogens (tertiary/aromatic N) is 3. The van der Waals surface area contributed by atoms with E-state index in [1.807, 2.05) is 76.8 Å². The Kier molecular flexibility index (Phi) is 10.6. The summed E-state index contributed by atoms with van der Waals surface area (Å²) in [5.74, 6) is 1.95. The summed E-state index contributed by atoms with van der Waals surface area (Å²) in [6, 6.07) is 11.8. The highest BCUT2D eigenvalue weighted by Gasteiger charge is 2.25. The fourth-order valence-corrected chi connectivity index (χ4v) is 4.49. The van der Waals surface area contributed by atoms with Gasteiger partial charge in [0.05, 0.1) is 17.7 Å². The van der Waals surface area contributed by atoms with E-state index in [-0.39, 0.29) is 23.5 Å². The summed E-state index contributed by atoms with van der Waals surface area (Å²) in [5, 5.41) is 4.22. The maximum atomic E-state index is 11.7. The van der Waals surface area contributed by atoms with E-state index in [9.17, 15) is 9.59 Å². The Bertz CT molecular complexity index is 1290. The molecule has 0 fully saturated rings. The molecule has 0 saturated heterocycles. The van der Waals surface area contributed by atoms with Crippen molar-refractivity contribution in [3.63, 3.8) is 0 Å². The van der Waals surface area contributed by atoms with Crippen molar-refractivity contribution in [2.75, 3.05) is 13.7 Å². The molecule has 1 amide bonds. The molecule has 40 heavy (non-hydrogen) atoms. The van der Waals surface area contributed by atoms with Crippen LogP contribution in [0.15, 0.2) is 40.9 Å². The number of aryl methyl sites for hydroxylation is 2. The van der Waals surface area contributed by atoms with Crippen LogP contribution in [0.2, 0.25) is 0 Å². The van der Waals surface area contributed by atoms with E-state index in [2.05, 4.69) is 16.2 Å². The zero-order chi connectivity index (χ0) is 29.4. The molecule has 3 aromatic rings. The fraction of sp³-hybridized carbons (Fsp3) is 0.500. The van der Waals surface area contributed by atoms with Crippen molar-refractivity contribution in [3.05, 3.63) is 53.1 Å². The van der Waals surface area contributed by atoms with Crippen LogP contribution in [0.25, 0.3) is 22.8 Å². The second kappa shape index (κ2) is 13.7. The van der Waals surface area contributed by atoms with E-state index in [0.717, 1.165) is 52.8 Å². The number of methoxy groups -OCH3 is 1. The lowest BCUT2D eigenvalue weighted by Gasteiger charge is -2.27. The first-order valence-electron chi connectivity index (χ1n) is 13.9. The lowest BCUT2D eigenvalue weighted by molar-refractivity contribution is -0.122. The number of rotatable bonds is 8. The van der Waals surface area contributed by atoms with Gasteiger partial charge in [-0.2, -0.15) is 4.98 Å². The molecule has 1 atom stereocenters. The van der Waals surface area contributed by atoms with Crippen molar-refractivity contribution in [1.29, 1.82) is 0 Å². The average molecular weight is 550 g/mol. The molecule has 0 spiro atoms. The van der Waals surface area contributed by atoms with E-state index < -0.39 is 0 Å². The topological polar surface area (TPSA) is 94.8 Å². The summed E-state index contributed by atoms with van der Waals surface area (Å²) in [4.78, 5) is 29.7. The molecule has 0 N–H and O–H groups in total. The summed E-state index contributed by atoms with van der Waals surface area (Å²) in [5.41, 5.74) is 5.01. The number of hydrogen-bond donors (Lipinski definition) is 0. The number of ketones is 1. The van der Waals surface area contributed by atoms with Crippen molar-refractivity contribution in [3.8, 4) is 28.6 Å². The molecule has 2 aromatic carbocycles. The van der Waals surface area contributed by atoms with Crippen LogP contribution in [-0.2, 0) is 20.7 Å². The summed E-state index contributed by atoms with van der Waals surface area (Å²) in [6.45, 7) is 14.3. The second-order valence-corrected chi connectivity index (χ2v) is 11.5. The molecular weight excluding hydrogens is 506 g/mol. The number of ether oxygens (including phenoxy) is 2. The van der Waals surface area contributed by atoms with E-state index in [1.54, 1.807) is 14.0 Å². The van der Waals surface area contributed by atoms with Gasteiger partial charge in [0, 0.05) is 31.2 Å². The number of carbonyl (C=O) groups is 2. The van der Waals surface area contributed by atoms with Crippen molar-refractivity contribution in [2.45, 2.75) is 91.9 Å². The number of fused-ring (bicyclic) bond motifs is 1. The Labute approximate surface area is 238 Å². The molecule has 8 nitrogen and oxygen atoms in total. The fourth-order valence-electron chi connectivity index (χ4n) is 4.49. The molecule has 1 aliphatic rings. The van der Waals surface area contributed by atoms with Gasteiger partial charge >= 0.3 is 0 Å². The highest BCUT2D eigenvalue weighted by atomic mass is 16.5. The molecule has 1 unspecified atom stereocenters. The van der Waals surface area contributed by atoms with E-state index in [0.29, 0.717) is 31.1 Å². The van der Waals surface area contributed by atoms with Gasteiger partial charge in [-0.1, -0.05) is 17.3 Å². The van der Waals surface area contributed by atoms with Gasteiger partial charge in [0.1, 0.15) is 11.5 Å². The Morgan fingerprint density at radius 2 is 1.88 bits per heavy atom. The molecule has 1 aliphatic heterocycles. The Morgan fingerprint density at radius 1 is 1.18 bits per heavy atom. The molecule has 2 heterocycles. The van der Waals surface area contributed by atoms with Gasteiger partial charge < -0.3 is 23.7 Å². The third-order valence-corrected chi connectivity index (χ3v) is 6.75. The van der Waals surface area contributed by atoms with Crippen LogP contribution in [0.1, 0.15) is 83.5 Å². The standard InChI is InChI=1S/C27H31N3O4.C5H12O/c1-17(2)33-25-12-9-22(14-18(25)3)27-28-26(29-34-27)21-8-10-23-20(15-21)6-5-13-30(16-31)24(23)11-7-19(4)32;1-5(2,3)6-4/h8-10,12,14-17,24H,5-7,11,13H2,1-4H3;1-4H3. The van der Waals surface area contributed by atoms with Crippen LogP contribution in [0.4, 0.5) is 0 Å². The number of carbonyl (C=O) groups excluding carboxylic acids is 2. The summed E-state index contributed by atoms with van der Waals surface area (Å²) in [6.07, 6.45) is 3.80. The van der Waals surface area contributed by atoms with Crippen LogP contribution in [0, 0.1) is 6.92 Å². The molecule has 216 valence electrons. The van der Waals surface area contributed by atoms with Crippen LogP contribution >= 0.6 is 0 Å². The van der Waals surface area contributed by atoms with Gasteiger partial charge in [0.25, 0.3) is 5.89 Å². The van der Waals surface area contributed by atoms with Gasteiger partial charge in [-0.15, -0.1) is 0 Å². The molecule has 1 aromatic heterocycles. The monoisotopic (exact) mass is 549 g/mol. The van der Waals surface area contributed by atoms with Crippen LogP contribution in [0.5, 0.6) is 5.75 Å². The van der Waals surface area contributed by atoms with Crippen molar-refractivity contribution in [1.82, 2.24) is 15.0 Å². The van der Waals surface area contributed by atoms with Crippen LogP contribution < -0.4 is 4.74 Å². The second-order valence-electron chi connectivity index (χ2n) is 11.5. The zero-order valence-electron chi connectivity index (χ0n) is 25.1. The Morgan fingerprint density at radius 3 is 2.48 bits per heavy atom.